The van der Waals surface area contributed by atoms with Crippen molar-refractivity contribution in [3.63, 3.8) is 0 Å². The lowest BCUT2D eigenvalue weighted by molar-refractivity contribution is -0.145. The molecule has 34 heavy (non-hydrogen) atoms. The number of carbonyl (C=O) groups excluding carboxylic acids is 2. The van der Waals surface area contributed by atoms with Gasteiger partial charge in [0.2, 0.25) is 0 Å². The number of carbonyl (C=O) groups is 2. The summed E-state index contributed by atoms with van der Waals surface area (Å²) >= 11 is 0. The van der Waals surface area contributed by atoms with Crippen LogP contribution in [0.1, 0.15) is 23.3 Å². The van der Waals surface area contributed by atoms with Gasteiger partial charge in [0, 0.05) is 0 Å². The standard InChI is InChI=1S/C28H26N2O4/c1-33-24(31)17-30-26(22-13-11-18-7-3-5-9-20(18)15-22)25(28(32)34-2)29-27(30)23-14-12-19-8-4-6-10-21(19)16-23/h3-16,25-27,29H,17H2,1-2H3/t25-,26-,27+/m0/s1. The third kappa shape index (κ3) is 4.02. The molecule has 3 atom stereocenters. The molecule has 172 valence electrons. The van der Waals surface area contributed by atoms with E-state index in [0.29, 0.717) is 0 Å². The Hall–Kier alpha value is -3.74. The third-order valence-corrected chi connectivity index (χ3v) is 6.54. The lowest BCUT2D eigenvalue weighted by atomic mass is 9.96. The minimum absolute atomic E-state index is 0.0198. The van der Waals surface area contributed by atoms with Crippen molar-refractivity contribution >= 4 is 33.5 Å². The molecule has 1 saturated heterocycles. The molecule has 5 rings (SSSR count). The highest BCUT2D eigenvalue weighted by Gasteiger charge is 2.47. The van der Waals surface area contributed by atoms with E-state index in [1.165, 1.54) is 14.2 Å². The molecule has 0 aromatic heterocycles. The summed E-state index contributed by atoms with van der Waals surface area (Å²) in [5.74, 6) is -0.750. The zero-order valence-electron chi connectivity index (χ0n) is 19.1. The van der Waals surface area contributed by atoms with Crippen molar-refractivity contribution in [1.29, 1.82) is 0 Å². The van der Waals surface area contributed by atoms with Crippen molar-refractivity contribution in [3.8, 4) is 0 Å². The molecule has 0 saturated carbocycles. The van der Waals surface area contributed by atoms with Crippen LogP contribution in [-0.2, 0) is 19.1 Å². The van der Waals surface area contributed by atoms with Gasteiger partial charge in [0.25, 0.3) is 0 Å². The molecule has 1 aliphatic heterocycles. The third-order valence-electron chi connectivity index (χ3n) is 6.54. The molecular weight excluding hydrogens is 428 g/mol. The summed E-state index contributed by atoms with van der Waals surface area (Å²) in [6.07, 6.45) is -0.385. The predicted octanol–water partition coefficient (Wildman–Crippen LogP) is 4.35. The van der Waals surface area contributed by atoms with Gasteiger partial charge < -0.3 is 9.47 Å². The molecule has 1 heterocycles. The Labute approximate surface area is 198 Å². The van der Waals surface area contributed by atoms with Gasteiger partial charge in [0.1, 0.15) is 6.04 Å². The molecule has 0 radical (unpaired) electrons. The molecule has 1 aliphatic rings. The zero-order valence-corrected chi connectivity index (χ0v) is 19.1. The zero-order chi connectivity index (χ0) is 23.7. The molecule has 0 spiro atoms. The topological polar surface area (TPSA) is 67.9 Å². The van der Waals surface area contributed by atoms with Crippen molar-refractivity contribution in [2.45, 2.75) is 18.2 Å². The van der Waals surface area contributed by atoms with E-state index in [-0.39, 0.29) is 24.6 Å². The van der Waals surface area contributed by atoms with Crippen LogP contribution in [0.4, 0.5) is 0 Å². The van der Waals surface area contributed by atoms with E-state index in [4.69, 9.17) is 9.47 Å². The number of benzene rings is 4. The highest BCUT2D eigenvalue weighted by Crippen LogP contribution is 2.40. The average molecular weight is 455 g/mol. The van der Waals surface area contributed by atoms with Gasteiger partial charge in [0.05, 0.1) is 33.0 Å². The summed E-state index contributed by atoms with van der Waals surface area (Å²) in [5, 5.41) is 7.83. The molecule has 0 unspecified atom stereocenters. The maximum absolute atomic E-state index is 12.9. The van der Waals surface area contributed by atoms with Crippen LogP contribution < -0.4 is 5.32 Å². The Balaban J connectivity index is 1.63. The maximum Gasteiger partial charge on any atom is 0.324 e. The summed E-state index contributed by atoms with van der Waals surface area (Å²) in [4.78, 5) is 27.4. The summed E-state index contributed by atoms with van der Waals surface area (Å²) in [5.41, 5.74) is 1.88. The number of hydrogen-bond donors (Lipinski definition) is 1. The number of esters is 2. The van der Waals surface area contributed by atoms with Crippen LogP contribution in [0.2, 0.25) is 0 Å². The van der Waals surface area contributed by atoms with Crippen LogP contribution in [0.3, 0.4) is 0 Å². The van der Waals surface area contributed by atoms with Gasteiger partial charge in [0.15, 0.2) is 0 Å². The van der Waals surface area contributed by atoms with Crippen LogP contribution in [0.15, 0.2) is 84.9 Å². The van der Waals surface area contributed by atoms with Crippen molar-refractivity contribution in [2.24, 2.45) is 0 Å². The molecule has 4 aromatic rings. The van der Waals surface area contributed by atoms with Gasteiger partial charge in [-0.1, -0.05) is 72.8 Å². The highest BCUT2D eigenvalue weighted by molar-refractivity contribution is 5.85. The highest BCUT2D eigenvalue weighted by atomic mass is 16.5. The summed E-state index contributed by atoms with van der Waals surface area (Å²) in [7, 11) is 2.76. The minimum Gasteiger partial charge on any atom is -0.468 e. The first-order valence-corrected chi connectivity index (χ1v) is 11.2. The van der Waals surface area contributed by atoms with E-state index in [2.05, 4.69) is 35.6 Å². The fourth-order valence-electron chi connectivity index (χ4n) is 4.88. The first kappa shape index (κ1) is 22.1. The van der Waals surface area contributed by atoms with E-state index in [9.17, 15) is 9.59 Å². The number of nitrogens with zero attached hydrogens (tertiary/aromatic N) is 1. The molecule has 0 bridgehead atoms. The van der Waals surface area contributed by atoms with Gasteiger partial charge >= 0.3 is 11.9 Å². The Bertz CT molecular complexity index is 1370. The predicted molar refractivity (Wildman–Crippen MR) is 131 cm³/mol. The van der Waals surface area contributed by atoms with E-state index in [0.717, 1.165) is 32.7 Å². The number of hydrogen-bond acceptors (Lipinski definition) is 6. The van der Waals surface area contributed by atoms with Crippen molar-refractivity contribution in [3.05, 3.63) is 96.1 Å². The van der Waals surface area contributed by atoms with Gasteiger partial charge in [-0.25, -0.2) is 0 Å². The van der Waals surface area contributed by atoms with E-state index in [1.54, 1.807) is 0 Å². The Morgan fingerprint density at radius 3 is 1.91 bits per heavy atom. The van der Waals surface area contributed by atoms with E-state index < -0.39 is 12.1 Å². The largest absolute Gasteiger partial charge is 0.468 e. The fraction of sp³-hybridized carbons (Fsp3) is 0.214. The number of methoxy groups -OCH3 is 2. The molecule has 0 aliphatic carbocycles. The van der Waals surface area contributed by atoms with Crippen molar-refractivity contribution in [1.82, 2.24) is 10.2 Å². The first-order chi connectivity index (χ1) is 16.6. The summed E-state index contributed by atoms with van der Waals surface area (Å²) in [6, 6.07) is 27.4. The van der Waals surface area contributed by atoms with Crippen LogP contribution in [0.25, 0.3) is 21.5 Å². The van der Waals surface area contributed by atoms with Crippen molar-refractivity contribution in [2.75, 3.05) is 20.8 Å². The lowest BCUT2D eigenvalue weighted by Gasteiger charge is -2.29. The second-order valence-electron chi connectivity index (χ2n) is 8.48. The second kappa shape index (κ2) is 9.25. The molecule has 0 amide bonds. The van der Waals surface area contributed by atoms with Gasteiger partial charge in [-0.15, -0.1) is 0 Å². The fourth-order valence-corrected chi connectivity index (χ4v) is 4.88. The monoisotopic (exact) mass is 454 g/mol. The lowest BCUT2D eigenvalue weighted by Crippen LogP contribution is -2.37. The number of ether oxygens (including phenoxy) is 2. The number of nitrogens with one attached hydrogen (secondary N) is 1. The van der Waals surface area contributed by atoms with E-state index >= 15 is 0 Å². The summed E-state index contributed by atoms with van der Waals surface area (Å²) < 4.78 is 10.2. The van der Waals surface area contributed by atoms with Crippen LogP contribution in [-0.4, -0.2) is 43.6 Å². The molecular formula is C28H26N2O4. The Morgan fingerprint density at radius 2 is 1.32 bits per heavy atom. The maximum atomic E-state index is 12.9. The van der Waals surface area contributed by atoms with Gasteiger partial charge in [-0.2, -0.15) is 0 Å². The normalized spacial score (nSPS) is 20.5. The molecule has 1 fully saturated rings. The Morgan fingerprint density at radius 1 is 0.765 bits per heavy atom. The van der Waals surface area contributed by atoms with Crippen molar-refractivity contribution < 1.29 is 19.1 Å². The SMILES string of the molecule is COC(=O)CN1[C@H](c2ccc3ccccc3c2)N[C@H](C(=O)OC)[C@@H]1c1ccc2ccccc2c1. The molecule has 4 aromatic carbocycles. The Kier molecular flexibility index (Phi) is 6.01. The quantitative estimate of drug-likeness (QED) is 0.452. The van der Waals surface area contributed by atoms with Gasteiger partial charge in [-0.3, -0.25) is 19.8 Å². The smallest absolute Gasteiger partial charge is 0.324 e. The molecule has 1 N–H and O–H groups in total. The number of rotatable bonds is 5. The molecule has 6 heteroatoms. The van der Waals surface area contributed by atoms with Crippen LogP contribution in [0, 0.1) is 0 Å². The summed E-state index contributed by atoms with van der Waals surface area (Å²) in [6.45, 7) is 0.0198. The average Bonchev–Trinajstić information content (AvgIpc) is 3.26. The van der Waals surface area contributed by atoms with Gasteiger partial charge in [-0.05, 0) is 44.8 Å². The number of fused-ring (bicyclic) bond motifs is 2. The first-order valence-electron chi connectivity index (χ1n) is 11.2. The minimum atomic E-state index is -0.660. The van der Waals surface area contributed by atoms with Crippen LogP contribution >= 0.6 is 0 Å². The van der Waals surface area contributed by atoms with Crippen LogP contribution in [0.5, 0.6) is 0 Å². The van der Waals surface area contributed by atoms with E-state index in [1.807, 2.05) is 59.5 Å². The second-order valence-corrected chi connectivity index (χ2v) is 8.48. The molecule has 6 nitrogen and oxygen atoms in total.